The highest BCUT2D eigenvalue weighted by Gasteiger charge is 2.36. The Morgan fingerprint density at radius 2 is 1.27 bits per heavy atom. The third-order valence-corrected chi connectivity index (χ3v) is 3.49. The van der Waals surface area contributed by atoms with Crippen molar-refractivity contribution in [2.45, 2.75) is 59.4 Å². The van der Waals surface area contributed by atoms with Crippen LogP contribution in [-0.4, -0.2) is 5.54 Å². The van der Waals surface area contributed by atoms with Gasteiger partial charge in [0.25, 0.3) is 0 Å². The molecule has 68 valence electrons. The first-order valence-electron chi connectivity index (χ1n) is 4.72. The van der Waals surface area contributed by atoms with Gasteiger partial charge in [-0.2, -0.15) is 0 Å². The van der Waals surface area contributed by atoms with E-state index in [1.165, 1.54) is 0 Å². The molecule has 2 N–H and O–H groups in total. The predicted molar refractivity (Wildman–Crippen MR) is 51.6 cm³/mol. The average molecular weight is 157 g/mol. The molecule has 11 heavy (non-hydrogen) atoms. The number of hydrogen-bond acceptors (Lipinski definition) is 1. The van der Waals surface area contributed by atoms with E-state index in [9.17, 15) is 0 Å². The van der Waals surface area contributed by atoms with Gasteiger partial charge in [0.15, 0.2) is 0 Å². The van der Waals surface area contributed by atoms with E-state index in [1.54, 1.807) is 0 Å². The molecule has 0 unspecified atom stereocenters. The summed E-state index contributed by atoms with van der Waals surface area (Å²) in [6, 6.07) is 0. The summed E-state index contributed by atoms with van der Waals surface area (Å²) in [5, 5.41) is 0. The Hall–Kier alpha value is -0.0400. The van der Waals surface area contributed by atoms with E-state index in [2.05, 4.69) is 34.6 Å². The van der Waals surface area contributed by atoms with Crippen LogP contribution in [0.1, 0.15) is 53.9 Å². The summed E-state index contributed by atoms with van der Waals surface area (Å²) >= 11 is 0. The van der Waals surface area contributed by atoms with Gasteiger partial charge in [0.05, 0.1) is 0 Å². The van der Waals surface area contributed by atoms with Crippen LogP contribution in [0.5, 0.6) is 0 Å². The SMILES string of the molecule is CCC(C)(C)C(N)(CC)CC. The van der Waals surface area contributed by atoms with Crippen LogP contribution in [0.4, 0.5) is 0 Å². The van der Waals surface area contributed by atoms with Crippen LogP contribution in [0.2, 0.25) is 0 Å². The van der Waals surface area contributed by atoms with Crippen LogP contribution >= 0.6 is 0 Å². The molecule has 0 saturated carbocycles. The van der Waals surface area contributed by atoms with Gasteiger partial charge >= 0.3 is 0 Å². The van der Waals surface area contributed by atoms with E-state index in [1.807, 2.05) is 0 Å². The van der Waals surface area contributed by atoms with Gasteiger partial charge in [0.1, 0.15) is 0 Å². The first-order valence-corrected chi connectivity index (χ1v) is 4.72. The summed E-state index contributed by atoms with van der Waals surface area (Å²) in [6.07, 6.45) is 3.31. The Bertz CT molecular complexity index is 112. The Kier molecular flexibility index (Phi) is 3.56. The van der Waals surface area contributed by atoms with Crippen molar-refractivity contribution in [2.75, 3.05) is 0 Å². The van der Waals surface area contributed by atoms with E-state index < -0.39 is 0 Å². The topological polar surface area (TPSA) is 26.0 Å². The maximum atomic E-state index is 6.28. The third kappa shape index (κ3) is 1.96. The molecule has 0 aliphatic heterocycles. The van der Waals surface area contributed by atoms with Crippen molar-refractivity contribution >= 4 is 0 Å². The highest BCUT2D eigenvalue weighted by Crippen LogP contribution is 2.36. The largest absolute Gasteiger partial charge is 0.325 e. The van der Waals surface area contributed by atoms with E-state index in [0.29, 0.717) is 0 Å². The molecule has 1 nitrogen and oxygen atoms in total. The molecular weight excluding hydrogens is 134 g/mol. The standard InChI is InChI=1S/C10H23N/c1-6-9(4,5)10(11,7-2)8-3/h6-8,11H2,1-5H3. The van der Waals surface area contributed by atoms with Crippen molar-refractivity contribution < 1.29 is 0 Å². The lowest BCUT2D eigenvalue weighted by Gasteiger charge is -2.42. The minimum atomic E-state index is 0.0295. The summed E-state index contributed by atoms with van der Waals surface area (Å²) in [6.45, 7) is 11.1. The molecule has 0 rings (SSSR count). The Morgan fingerprint density at radius 1 is 0.909 bits per heavy atom. The van der Waals surface area contributed by atoms with Crippen LogP contribution < -0.4 is 5.73 Å². The molecule has 0 aromatic carbocycles. The molecule has 0 fully saturated rings. The molecule has 0 saturated heterocycles. The number of rotatable bonds is 4. The van der Waals surface area contributed by atoms with Crippen LogP contribution in [0.15, 0.2) is 0 Å². The van der Waals surface area contributed by atoms with E-state index in [0.717, 1.165) is 19.3 Å². The number of hydrogen-bond donors (Lipinski definition) is 1. The molecule has 0 amide bonds. The van der Waals surface area contributed by atoms with E-state index >= 15 is 0 Å². The first kappa shape index (κ1) is 11.0. The van der Waals surface area contributed by atoms with E-state index in [4.69, 9.17) is 5.73 Å². The molecule has 0 radical (unpaired) electrons. The minimum absolute atomic E-state index is 0.0295. The first-order chi connectivity index (χ1) is 4.93. The molecular formula is C10H23N. The maximum absolute atomic E-state index is 6.28. The Balaban J connectivity index is 4.47. The quantitative estimate of drug-likeness (QED) is 0.667. The van der Waals surface area contributed by atoms with Crippen molar-refractivity contribution in [3.63, 3.8) is 0 Å². The second-order valence-corrected chi connectivity index (χ2v) is 4.10. The fourth-order valence-electron chi connectivity index (χ4n) is 1.56. The molecule has 0 aromatic heterocycles. The van der Waals surface area contributed by atoms with Gasteiger partial charge in [-0.05, 0) is 24.7 Å². The smallest absolute Gasteiger partial charge is 0.0200 e. The lowest BCUT2D eigenvalue weighted by atomic mass is 9.68. The second-order valence-electron chi connectivity index (χ2n) is 4.10. The normalized spacial score (nSPS) is 13.6. The molecule has 0 aliphatic carbocycles. The number of nitrogens with two attached hydrogens (primary N) is 1. The summed E-state index contributed by atoms with van der Waals surface area (Å²) in [7, 11) is 0. The zero-order chi connectivity index (χ0) is 9.12. The van der Waals surface area contributed by atoms with Gasteiger partial charge in [-0.1, -0.05) is 34.6 Å². The minimum Gasteiger partial charge on any atom is -0.325 e. The fraction of sp³-hybridized carbons (Fsp3) is 1.00. The fourth-order valence-corrected chi connectivity index (χ4v) is 1.56. The van der Waals surface area contributed by atoms with Crippen LogP contribution in [0.3, 0.4) is 0 Å². The van der Waals surface area contributed by atoms with E-state index in [-0.39, 0.29) is 11.0 Å². The molecule has 0 aliphatic rings. The monoisotopic (exact) mass is 157 g/mol. The van der Waals surface area contributed by atoms with Crippen molar-refractivity contribution in [3.8, 4) is 0 Å². The summed E-state index contributed by atoms with van der Waals surface area (Å²) in [4.78, 5) is 0. The molecule has 0 heterocycles. The second kappa shape index (κ2) is 3.57. The zero-order valence-electron chi connectivity index (χ0n) is 8.70. The average Bonchev–Trinajstić information content (AvgIpc) is 2.02. The van der Waals surface area contributed by atoms with Gasteiger partial charge in [0.2, 0.25) is 0 Å². The maximum Gasteiger partial charge on any atom is 0.0200 e. The van der Waals surface area contributed by atoms with Gasteiger partial charge in [-0.15, -0.1) is 0 Å². The molecule has 0 spiro atoms. The third-order valence-electron chi connectivity index (χ3n) is 3.49. The van der Waals surface area contributed by atoms with Crippen molar-refractivity contribution in [1.82, 2.24) is 0 Å². The van der Waals surface area contributed by atoms with Gasteiger partial charge in [0, 0.05) is 5.54 Å². The molecule has 0 bridgehead atoms. The summed E-state index contributed by atoms with van der Waals surface area (Å²) < 4.78 is 0. The van der Waals surface area contributed by atoms with Crippen LogP contribution in [-0.2, 0) is 0 Å². The molecule has 0 aromatic rings. The van der Waals surface area contributed by atoms with Crippen molar-refractivity contribution in [1.29, 1.82) is 0 Å². The van der Waals surface area contributed by atoms with Crippen molar-refractivity contribution in [3.05, 3.63) is 0 Å². The van der Waals surface area contributed by atoms with Gasteiger partial charge in [-0.3, -0.25) is 0 Å². The highest BCUT2D eigenvalue weighted by molar-refractivity contribution is 4.94. The van der Waals surface area contributed by atoms with Crippen LogP contribution in [0, 0.1) is 5.41 Å². The van der Waals surface area contributed by atoms with Gasteiger partial charge in [-0.25, -0.2) is 0 Å². The molecule has 1 heteroatoms. The van der Waals surface area contributed by atoms with Crippen molar-refractivity contribution in [2.24, 2.45) is 11.1 Å². The van der Waals surface area contributed by atoms with Gasteiger partial charge < -0.3 is 5.73 Å². The highest BCUT2D eigenvalue weighted by atomic mass is 14.8. The summed E-state index contributed by atoms with van der Waals surface area (Å²) in [5.74, 6) is 0. The Labute approximate surface area is 71.4 Å². The lowest BCUT2D eigenvalue weighted by Crippen LogP contribution is -2.51. The zero-order valence-corrected chi connectivity index (χ0v) is 8.70. The lowest BCUT2D eigenvalue weighted by molar-refractivity contribution is 0.145. The molecule has 0 atom stereocenters. The van der Waals surface area contributed by atoms with Crippen LogP contribution in [0.25, 0.3) is 0 Å². The summed E-state index contributed by atoms with van der Waals surface area (Å²) in [5.41, 5.74) is 6.59. The Morgan fingerprint density at radius 3 is 1.36 bits per heavy atom. The predicted octanol–water partition coefficient (Wildman–Crippen LogP) is 2.94.